The lowest BCUT2D eigenvalue weighted by atomic mass is 9.98. The average molecular weight is 412 g/mol. The molecule has 1 aliphatic rings. The lowest BCUT2D eigenvalue weighted by Crippen LogP contribution is -2.72. The number of nitrogens with zero attached hydrogens (tertiary/aromatic N) is 2. The number of carbonyl (C=O) groups is 4. The molecule has 152 valence electrons. The van der Waals surface area contributed by atoms with Crippen molar-refractivity contribution in [3.05, 3.63) is 11.1 Å². The van der Waals surface area contributed by atoms with E-state index in [4.69, 9.17) is 15.7 Å². The Morgan fingerprint density at radius 2 is 2.14 bits per heavy atom. The molecule has 0 bridgehead atoms. The molecule has 1 aromatic rings. The summed E-state index contributed by atoms with van der Waals surface area (Å²) in [5, 5.41) is 21.9. The molecule has 0 spiro atoms. The van der Waals surface area contributed by atoms with E-state index in [9.17, 15) is 19.2 Å². The van der Waals surface area contributed by atoms with E-state index in [1.165, 1.54) is 26.2 Å². The van der Waals surface area contributed by atoms with E-state index in [1.54, 1.807) is 0 Å². The van der Waals surface area contributed by atoms with Crippen LogP contribution in [0.4, 0.5) is 5.13 Å². The van der Waals surface area contributed by atoms with E-state index < -0.39 is 35.5 Å². The first-order valence-corrected chi connectivity index (χ1v) is 8.96. The number of aromatic nitrogens is 1. The Labute approximate surface area is 163 Å². The molecule has 2 heterocycles. The van der Waals surface area contributed by atoms with Gasteiger partial charge in [0.15, 0.2) is 10.8 Å². The van der Waals surface area contributed by atoms with Crippen LogP contribution in [0.25, 0.3) is 0 Å². The fourth-order valence-corrected chi connectivity index (χ4v) is 2.59. The van der Waals surface area contributed by atoms with E-state index >= 15 is 0 Å². The monoisotopic (exact) mass is 412 g/mol. The molecule has 1 aliphatic heterocycles. The first kappa shape index (κ1) is 21.1. The minimum absolute atomic E-state index is 0.0688. The second-order valence-electron chi connectivity index (χ2n) is 6.42. The zero-order valence-corrected chi connectivity index (χ0v) is 16.1. The number of aliphatic carboxylic acids is 1. The van der Waals surface area contributed by atoms with Gasteiger partial charge in [-0.1, -0.05) is 5.16 Å². The number of anilines is 1. The third-order valence-corrected chi connectivity index (χ3v) is 4.40. The van der Waals surface area contributed by atoms with Crippen molar-refractivity contribution < 1.29 is 29.1 Å². The van der Waals surface area contributed by atoms with Crippen LogP contribution in [0.15, 0.2) is 10.5 Å². The van der Waals surface area contributed by atoms with E-state index in [0.29, 0.717) is 0 Å². The maximum atomic E-state index is 12.7. The van der Waals surface area contributed by atoms with Gasteiger partial charge in [-0.2, -0.15) is 0 Å². The predicted molar refractivity (Wildman–Crippen MR) is 98.4 cm³/mol. The standard InChI is InChI=1S/C15H20N6O6S/c1-6(22)17-4-7-9(11(23)18-7)20-12(24)10(8-5-28-14(16)19-8)21-27-15(2,3)13(25)26/h5,7,9H,4H2,1-3H3,(H2,16,19)(H,17,22)(H,18,23)(H,20,24)(H,25,26)/b21-10-. The topological polar surface area (TPSA) is 185 Å². The molecular weight excluding hydrogens is 392 g/mol. The summed E-state index contributed by atoms with van der Waals surface area (Å²) in [6, 6.07) is -1.41. The van der Waals surface area contributed by atoms with Crippen LogP contribution >= 0.6 is 11.3 Å². The molecule has 0 radical (unpaired) electrons. The van der Waals surface area contributed by atoms with Crippen molar-refractivity contribution in [2.24, 2.45) is 5.16 Å². The quantitative estimate of drug-likeness (QED) is 0.192. The molecule has 2 unspecified atom stereocenters. The van der Waals surface area contributed by atoms with Crippen LogP contribution in [0.5, 0.6) is 0 Å². The Kier molecular flexibility index (Phi) is 6.18. The maximum absolute atomic E-state index is 12.7. The third kappa shape index (κ3) is 4.94. The number of nitrogens with one attached hydrogen (secondary N) is 3. The summed E-state index contributed by atoms with van der Waals surface area (Å²) < 4.78 is 0. The summed E-state index contributed by atoms with van der Waals surface area (Å²) in [6.07, 6.45) is 0. The molecule has 0 aliphatic carbocycles. The second kappa shape index (κ2) is 8.21. The summed E-state index contributed by atoms with van der Waals surface area (Å²) >= 11 is 1.05. The Balaban J connectivity index is 2.18. The van der Waals surface area contributed by atoms with Crippen LogP contribution in [0.1, 0.15) is 26.5 Å². The van der Waals surface area contributed by atoms with Gasteiger partial charge in [0.2, 0.25) is 17.4 Å². The number of amides is 3. The fraction of sp³-hybridized carbons (Fsp3) is 0.467. The minimum atomic E-state index is -1.70. The molecule has 0 saturated carbocycles. The molecule has 13 heteroatoms. The molecule has 0 aromatic carbocycles. The highest BCUT2D eigenvalue weighted by atomic mass is 32.1. The van der Waals surface area contributed by atoms with Gasteiger partial charge in [0.1, 0.15) is 11.7 Å². The Bertz CT molecular complexity index is 835. The summed E-state index contributed by atoms with van der Waals surface area (Å²) in [4.78, 5) is 55.6. The number of nitrogen functional groups attached to an aromatic ring is 1. The van der Waals surface area contributed by atoms with Gasteiger partial charge in [0, 0.05) is 18.8 Å². The Hall–Kier alpha value is -3.22. The van der Waals surface area contributed by atoms with Crippen molar-refractivity contribution >= 4 is 45.9 Å². The number of hydrogen-bond donors (Lipinski definition) is 5. The van der Waals surface area contributed by atoms with E-state index in [2.05, 4.69) is 26.1 Å². The van der Waals surface area contributed by atoms with Crippen molar-refractivity contribution in [2.45, 2.75) is 38.5 Å². The van der Waals surface area contributed by atoms with Gasteiger partial charge >= 0.3 is 5.97 Å². The van der Waals surface area contributed by atoms with Gasteiger partial charge in [-0.3, -0.25) is 14.4 Å². The average Bonchev–Trinajstić information content (AvgIpc) is 3.02. The normalized spacial score (nSPS) is 19.2. The number of hydrogen-bond acceptors (Lipinski definition) is 9. The molecule has 2 atom stereocenters. The van der Waals surface area contributed by atoms with Crippen LogP contribution in [0, 0.1) is 0 Å². The molecule has 1 fully saturated rings. The van der Waals surface area contributed by atoms with Gasteiger partial charge in [0.25, 0.3) is 5.91 Å². The zero-order chi connectivity index (χ0) is 21.1. The summed E-state index contributed by atoms with van der Waals surface area (Å²) in [6.45, 7) is 3.97. The van der Waals surface area contributed by atoms with E-state index in [-0.39, 0.29) is 29.0 Å². The molecule has 2 rings (SSSR count). The van der Waals surface area contributed by atoms with E-state index in [1.807, 2.05) is 0 Å². The van der Waals surface area contributed by atoms with Gasteiger partial charge in [-0.25, -0.2) is 9.78 Å². The van der Waals surface area contributed by atoms with Crippen molar-refractivity contribution in [1.29, 1.82) is 0 Å². The van der Waals surface area contributed by atoms with Gasteiger partial charge in [-0.05, 0) is 13.8 Å². The maximum Gasteiger partial charge on any atom is 0.350 e. The van der Waals surface area contributed by atoms with Gasteiger partial charge in [0.05, 0.1) is 6.04 Å². The molecule has 6 N–H and O–H groups in total. The Morgan fingerprint density at radius 1 is 1.46 bits per heavy atom. The number of carboxylic acid groups (broad SMARTS) is 1. The number of carbonyl (C=O) groups excluding carboxylic acids is 3. The summed E-state index contributed by atoms with van der Waals surface area (Å²) in [5.41, 5.74) is 3.61. The molecule has 28 heavy (non-hydrogen) atoms. The second-order valence-corrected chi connectivity index (χ2v) is 7.31. The minimum Gasteiger partial charge on any atom is -0.478 e. The number of oxime groups is 1. The first-order valence-electron chi connectivity index (χ1n) is 8.08. The lowest BCUT2D eigenvalue weighted by molar-refractivity contribution is -0.161. The molecule has 3 amide bonds. The number of carboxylic acids is 1. The van der Waals surface area contributed by atoms with Crippen LogP contribution < -0.4 is 21.7 Å². The highest BCUT2D eigenvalue weighted by Gasteiger charge is 2.41. The summed E-state index contributed by atoms with van der Waals surface area (Å²) in [7, 11) is 0. The van der Waals surface area contributed by atoms with Crippen molar-refractivity contribution in [2.75, 3.05) is 12.3 Å². The number of β-lactam (4-membered cyclic amide) rings is 1. The largest absolute Gasteiger partial charge is 0.478 e. The van der Waals surface area contributed by atoms with Crippen molar-refractivity contribution in [1.82, 2.24) is 20.9 Å². The first-order chi connectivity index (χ1) is 13.0. The molecule has 1 aromatic heterocycles. The number of thiazole rings is 1. The summed E-state index contributed by atoms with van der Waals surface area (Å²) in [5.74, 6) is -2.81. The SMILES string of the molecule is CC(=O)NCC1NC(=O)C1NC(=O)/C(=N\OC(C)(C)C(=O)O)c1csc(N)n1. The highest BCUT2D eigenvalue weighted by Crippen LogP contribution is 2.16. The fourth-order valence-electron chi connectivity index (χ4n) is 2.04. The molecule has 12 nitrogen and oxygen atoms in total. The highest BCUT2D eigenvalue weighted by molar-refractivity contribution is 7.13. The van der Waals surface area contributed by atoms with Crippen molar-refractivity contribution in [3.8, 4) is 0 Å². The molecule has 1 saturated heterocycles. The van der Waals surface area contributed by atoms with Crippen LogP contribution in [0.3, 0.4) is 0 Å². The third-order valence-electron chi connectivity index (χ3n) is 3.73. The van der Waals surface area contributed by atoms with Crippen LogP contribution in [-0.2, 0) is 24.0 Å². The smallest absolute Gasteiger partial charge is 0.350 e. The van der Waals surface area contributed by atoms with Crippen LogP contribution in [-0.4, -0.2) is 63.7 Å². The van der Waals surface area contributed by atoms with Crippen molar-refractivity contribution in [3.63, 3.8) is 0 Å². The lowest BCUT2D eigenvalue weighted by Gasteiger charge is -2.37. The number of rotatable bonds is 8. The molecular formula is C15H20N6O6S. The zero-order valence-electron chi connectivity index (χ0n) is 15.3. The predicted octanol–water partition coefficient (Wildman–Crippen LogP) is -1.57. The number of nitrogens with two attached hydrogens (primary N) is 1. The van der Waals surface area contributed by atoms with Crippen LogP contribution in [0.2, 0.25) is 0 Å². The van der Waals surface area contributed by atoms with E-state index in [0.717, 1.165) is 11.3 Å². The van der Waals surface area contributed by atoms with Gasteiger partial charge in [-0.15, -0.1) is 11.3 Å². The van der Waals surface area contributed by atoms with Gasteiger partial charge < -0.3 is 31.6 Å². The Morgan fingerprint density at radius 3 is 2.64 bits per heavy atom.